The second kappa shape index (κ2) is 11.5. The van der Waals surface area contributed by atoms with Crippen molar-refractivity contribution in [2.75, 3.05) is 7.05 Å². The Kier molecular flexibility index (Phi) is 8.48. The quantitative estimate of drug-likeness (QED) is 0.293. The van der Waals surface area contributed by atoms with Gasteiger partial charge in [-0.15, -0.1) is 0 Å². The van der Waals surface area contributed by atoms with Crippen LogP contribution >= 0.6 is 0 Å². The summed E-state index contributed by atoms with van der Waals surface area (Å²) in [4.78, 5) is 14.0. The molecule has 2 aliphatic rings. The van der Waals surface area contributed by atoms with Crippen molar-refractivity contribution in [2.24, 2.45) is 44.4 Å². The molecule has 3 N–H and O–H groups in total. The predicted molar refractivity (Wildman–Crippen MR) is 151 cm³/mol. The van der Waals surface area contributed by atoms with Crippen LogP contribution in [0.3, 0.4) is 0 Å². The van der Waals surface area contributed by atoms with Crippen molar-refractivity contribution in [3.63, 3.8) is 0 Å². The van der Waals surface area contributed by atoms with Crippen LogP contribution < -0.4 is 5.73 Å². The summed E-state index contributed by atoms with van der Waals surface area (Å²) >= 11 is 0. The van der Waals surface area contributed by atoms with E-state index in [0.717, 1.165) is 28.0 Å². The first-order chi connectivity index (χ1) is 16.7. The topological polar surface area (TPSA) is 87.0 Å². The SMILES string of the molecule is C=C(C)c1ccccc1C(=N)N=C(C)C1C=CC=CC1C(N=C(N)C1C=CC=CC1C(=C)C)=NC. The Balaban J connectivity index is 1.90. The van der Waals surface area contributed by atoms with E-state index in [1.54, 1.807) is 7.05 Å². The van der Waals surface area contributed by atoms with Crippen LogP contribution in [0.25, 0.3) is 5.57 Å². The summed E-state index contributed by atoms with van der Waals surface area (Å²) in [5.41, 5.74) is 11.0. The van der Waals surface area contributed by atoms with Gasteiger partial charge in [0.15, 0.2) is 5.84 Å². The molecule has 0 saturated heterocycles. The molecule has 4 unspecified atom stereocenters. The van der Waals surface area contributed by atoms with Crippen LogP contribution in [0.1, 0.15) is 31.9 Å². The van der Waals surface area contributed by atoms with Gasteiger partial charge < -0.3 is 5.73 Å². The average Bonchev–Trinajstić information content (AvgIpc) is 2.86. The molecule has 0 fully saturated rings. The molecule has 0 amide bonds. The highest BCUT2D eigenvalue weighted by molar-refractivity contribution is 6.09. The Morgan fingerprint density at radius 1 is 0.800 bits per heavy atom. The highest BCUT2D eigenvalue weighted by atomic mass is 15.0. The number of hydrogen-bond acceptors (Lipinski definition) is 2. The zero-order chi connectivity index (χ0) is 25.5. The summed E-state index contributed by atoms with van der Waals surface area (Å²) in [6.45, 7) is 14.1. The molecule has 0 spiro atoms. The molecule has 180 valence electrons. The van der Waals surface area contributed by atoms with Crippen molar-refractivity contribution in [3.05, 3.63) is 103 Å². The molecule has 0 radical (unpaired) electrons. The summed E-state index contributed by atoms with van der Waals surface area (Å²) in [6.07, 6.45) is 16.3. The number of nitrogens with one attached hydrogen (secondary N) is 1. The summed E-state index contributed by atoms with van der Waals surface area (Å²) in [5.74, 6) is 1.19. The van der Waals surface area contributed by atoms with Crippen molar-refractivity contribution in [3.8, 4) is 0 Å². The maximum Gasteiger partial charge on any atom is 0.152 e. The second-order valence-electron chi connectivity index (χ2n) is 9.04. The Labute approximate surface area is 209 Å². The number of hydrogen-bond donors (Lipinski definition) is 2. The summed E-state index contributed by atoms with van der Waals surface area (Å²) < 4.78 is 0. The normalized spacial score (nSPS) is 24.5. The monoisotopic (exact) mass is 465 g/mol. The van der Waals surface area contributed by atoms with Gasteiger partial charge >= 0.3 is 0 Å². The Hall–Kier alpha value is -3.86. The lowest BCUT2D eigenvalue weighted by molar-refractivity contribution is 0.659. The number of amidine groups is 3. The van der Waals surface area contributed by atoms with E-state index in [1.807, 2.05) is 69.3 Å². The Morgan fingerprint density at radius 3 is 1.91 bits per heavy atom. The van der Waals surface area contributed by atoms with Crippen LogP contribution in [0.2, 0.25) is 0 Å². The van der Waals surface area contributed by atoms with E-state index in [2.05, 4.69) is 42.5 Å². The fourth-order valence-corrected chi connectivity index (χ4v) is 4.47. The van der Waals surface area contributed by atoms with Gasteiger partial charge in [-0.25, -0.2) is 9.98 Å². The van der Waals surface area contributed by atoms with Crippen molar-refractivity contribution >= 4 is 28.8 Å². The van der Waals surface area contributed by atoms with Crippen LogP contribution in [0, 0.1) is 29.1 Å². The molecular weight excluding hydrogens is 430 g/mol. The molecule has 5 heteroatoms. The first-order valence-electron chi connectivity index (χ1n) is 11.8. The second-order valence-corrected chi connectivity index (χ2v) is 9.04. The van der Waals surface area contributed by atoms with Crippen molar-refractivity contribution in [1.29, 1.82) is 5.41 Å². The minimum Gasteiger partial charge on any atom is -0.387 e. The van der Waals surface area contributed by atoms with Crippen LogP contribution in [0.5, 0.6) is 0 Å². The lowest BCUT2D eigenvalue weighted by Gasteiger charge is -2.27. The van der Waals surface area contributed by atoms with Gasteiger partial charge in [-0.1, -0.05) is 97.2 Å². The van der Waals surface area contributed by atoms with Gasteiger partial charge in [-0.2, -0.15) is 0 Å². The number of nitrogens with two attached hydrogens (primary N) is 1. The van der Waals surface area contributed by atoms with Gasteiger partial charge in [0.05, 0.1) is 0 Å². The Morgan fingerprint density at radius 2 is 1.34 bits per heavy atom. The third kappa shape index (κ3) is 5.99. The van der Waals surface area contributed by atoms with E-state index >= 15 is 0 Å². The van der Waals surface area contributed by atoms with Crippen LogP contribution in [0.15, 0.2) is 107 Å². The van der Waals surface area contributed by atoms with Crippen LogP contribution in [0.4, 0.5) is 0 Å². The van der Waals surface area contributed by atoms with Crippen LogP contribution in [-0.2, 0) is 0 Å². The molecule has 0 heterocycles. The van der Waals surface area contributed by atoms with Gasteiger partial charge in [-0.05, 0) is 26.3 Å². The lowest BCUT2D eigenvalue weighted by Crippen LogP contribution is -2.33. The zero-order valence-corrected chi connectivity index (χ0v) is 21.1. The lowest BCUT2D eigenvalue weighted by atomic mass is 9.82. The van der Waals surface area contributed by atoms with Gasteiger partial charge in [0.25, 0.3) is 0 Å². The summed E-state index contributed by atoms with van der Waals surface area (Å²) in [7, 11) is 1.74. The van der Waals surface area contributed by atoms with E-state index in [9.17, 15) is 0 Å². The fourth-order valence-electron chi connectivity index (χ4n) is 4.47. The van der Waals surface area contributed by atoms with E-state index in [-0.39, 0.29) is 29.5 Å². The minimum atomic E-state index is -0.136. The molecule has 0 bridgehead atoms. The average molecular weight is 466 g/mol. The number of rotatable bonds is 6. The highest BCUT2D eigenvalue weighted by Crippen LogP contribution is 2.28. The molecule has 0 aliphatic heterocycles. The number of aliphatic imine (C=N–C) groups is 3. The maximum atomic E-state index is 8.67. The smallest absolute Gasteiger partial charge is 0.152 e. The maximum absolute atomic E-state index is 8.67. The zero-order valence-electron chi connectivity index (χ0n) is 21.1. The number of nitrogens with zero attached hydrogens (tertiary/aromatic N) is 3. The summed E-state index contributed by atoms with van der Waals surface area (Å²) in [5, 5.41) is 8.67. The molecule has 3 rings (SSSR count). The molecule has 0 aromatic heterocycles. The van der Waals surface area contributed by atoms with E-state index in [4.69, 9.17) is 21.1 Å². The van der Waals surface area contributed by atoms with Crippen molar-refractivity contribution in [2.45, 2.75) is 20.8 Å². The van der Waals surface area contributed by atoms with E-state index in [0.29, 0.717) is 11.7 Å². The molecule has 2 aliphatic carbocycles. The molecule has 0 saturated carbocycles. The van der Waals surface area contributed by atoms with Crippen molar-refractivity contribution < 1.29 is 0 Å². The van der Waals surface area contributed by atoms with Crippen LogP contribution in [-0.4, -0.2) is 30.3 Å². The first-order valence-corrected chi connectivity index (χ1v) is 11.8. The molecule has 4 atom stereocenters. The Bertz CT molecular complexity index is 1220. The summed E-state index contributed by atoms with van der Waals surface area (Å²) in [6, 6.07) is 7.74. The van der Waals surface area contributed by atoms with E-state index in [1.165, 1.54) is 0 Å². The number of benzene rings is 1. The third-order valence-corrected chi connectivity index (χ3v) is 6.36. The molecular formula is C30H35N5. The van der Waals surface area contributed by atoms with Crippen molar-refractivity contribution in [1.82, 2.24) is 0 Å². The standard InChI is InChI=1S/C30H35N5/c1-19(2)22-13-7-10-16-25(22)28(31)34-21(5)24-15-9-12-18-27(24)30(33-6)35-29(32)26-17-11-8-14-23(26)20(3)4/h7-18,23-24,26-27,31H,1,3H2,2,4-6H3,(H2,32,33,35). The molecule has 35 heavy (non-hydrogen) atoms. The first kappa shape index (κ1) is 25.8. The number of allylic oxidation sites excluding steroid dienone is 8. The van der Waals surface area contributed by atoms with E-state index < -0.39 is 0 Å². The highest BCUT2D eigenvalue weighted by Gasteiger charge is 2.28. The van der Waals surface area contributed by atoms with Gasteiger partial charge in [0, 0.05) is 42.0 Å². The fraction of sp³-hybridized carbons (Fsp3) is 0.267. The molecule has 1 aromatic rings. The molecule has 1 aromatic carbocycles. The largest absolute Gasteiger partial charge is 0.387 e. The van der Waals surface area contributed by atoms with Gasteiger partial charge in [-0.3, -0.25) is 10.4 Å². The molecule has 5 nitrogen and oxygen atoms in total. The third-order valence-electron chi connectivity index (χ3n) is 6.36. The van der Waals surface area contributed by atoms with Gasteiger partial charge in [0.2, 0.25) is 0 Å². The van der Waals surface area contributed by atoms with Gasteiger partial charge in [0.1, 0.15) is 11.7 Å². The predicted octanol–water partition coefficient (Wildman–Crippen LogP) is 6.18. The minimum absolute atomic E-state index is 0.0580.